The summed E-state index contributed by atoms with van der Waals surface area (Å²) in [5.41, 5.74) is 2.92. The smallest absolute Gasteiger partial charge is 0.0567 e. The van der Waals surface area contributed by atoms with E-state index >= 15 is 0 Å². The van der Waals surface area contributed by atoms with Gasteiger partial charge < -0.3 is 5.11 Å². The fourth-order valence-electron chi connectivity index (χ4n) is 3.19. The molecule has 2 rings (SSSR count). The van der Waals surface area contributed by atoms with Crippen molar-refractivity contribution in [3.05, 3.63) is 23.3 Å². The van der Waals surface area contributed by atoms with Crippen LogP contribution in [0.4, 0.5) is 0 Å². The van der Waals surface area contributed by atoms with Gasteiger partial charge >= 0.3 is 0 Å². The Morgan fingerprint density at radius 3 is 2.55 bits per heavy atom. The average molecular weight is 277 g/mol. The van der Waals surface area contributed by atoms with E-state index in [1.54, 1.807) is 0 Å². The minimum absolute atomic E-state index is 0.0559. The van der Waals surface area contributed by atoms with Crippen LogP contribution in [-0.4, -0.2) is 35.2 Å². The van der Waals surface area contributed by atoms with E-state index in [-0.39, 0.29) is 6.10 Å². The fourth-order valence-corrected chi connectivity index (χ4v) is 3.19. The highest BCUT2D eigenvalue weighted by Gasteiger charge is 2.38. The third-order valence-electron chi connectivity index (χ3n) is 4.66. The minimum atomic E-state index is -0.0559. The van der Waals surface area contributed by atoms with E-state index < -0.39 is 0 Å². The zero-order valence-electron chi connectivity index (χ0n) is 13.4. The maximum absolute atomic E-state index is 9.87. The van der Waals surface area contributed by atoms with Gasteiger partial charge in [-0.25, -0.2) is 0 Å². The van der Waals surface area contributed by atoms with E-state index in [4.69, 9.17) is 0 Å². The standard InChI is InChI=1S/C18H31NO/c1-14(2)5-4-6-15(3)9-11-19-12-10-17(20)13-18(19)16-7-8-16/h5,9,16-18,20H,4,6-8,10-13H2,1-3H3/t17-,18+/m0/s1. The summed E-state index contributed by atoms with van der Waals surface area (Å²) < 4.78 is 0. The zero-order valence-corrected chi connectivity index (χ0v) is 13.4. The van der Waals surface area contributed by atoms with Gasteiger partial charge in [-0.15, -0.1) is 0 Å². The van der Waals surface area contributed by atoms with E-state index in [0.717, 1.165) is 38.3 Å². The molecule has 1 heterocycles. The maximum Gasteiger partial charge on any atom is 0.0567 e. The van der Waals surface area contributed by atoms with E-state index in [9.17, 15) is 5.11 Å². The van der Waals surface area contributed by atoms with Crippen molar-refractivity contribution in [2.45, 2.75) is 71.4 Å². The van der Waals surface area contributed by atoms with Gasteiger partial charge in [0.05, 0.1) is 6.10 Å². The Balaban J connectivity index is 1.80. The second kappa shape index (κ2) is 7.42. The fraction of sp³-hybridized carbons (Fsp3) is 0.778. The van der Waals surface area contributed by atoms with E-state index in [1.165, 1.54) is 30.4 Å². The molecule has 2 fully saturated rings. The molecule has 1 aliphatic carbocycles. The lowest BCUT2D eigenvalue weighted by molar-refractivity contribution is 0.0391. The van der Waals surface area contributed by atoms with Crippen molar-refractivity contribution in [1.29, 1.82) is 0 Å². The Kier molecular flexibility index (Phi) is 5.86. The summed E-state index contributed by atoms with van der Waals surface area (Å²) in [6.07, 6.45) is 11.7. The van der Waals surface area contributed by atoms with Crippen LogP contribution in [0.2, 0.25) is 0 Å². The molecule has 2 nitrogen and oxygen atoms in total. The summed E-state index contributed by atoms with van der Waals surface area (Å²) in [5, 5.41) is 9.87. The molecular formula is C18H31NO. The number of aliphatic hydroxyl groups excluding tert-OH is 1. The van der Waals surface area contributed by atoms with Crippen molar-refractivity contribution in [2.24, 2.45) is 5.92 Å². The first-order chi connectivity index (χ1) is 9.56. The second-order valence-corrected chi connectivity index (χ2v) is 6.95. The number of aliphatic hydroxyl groups is 1. The Morgan fingerprint density at radius 2 is 1.90 bits per heavy atom. The van der Waals surface area contributed by atoms with Crippen LogP contribution >= 0.6 is 0 Å². The monoisotopic (exact) mass is 277 g/mol. The molecule has 1 saturated carbocycles. The predicted octanol–water partition coefficient (Wildman–Crippen LogP) is 3.91. The second-order valence-electron chi connectivity index (χ2n) is 6.95. The molecule has 0 unspecified atom stereocenters. The Bertz CT molecular complexity index is 364. The number of likely N-dealkylation sites (tertiary alicyclic amines) is 1. The van der Waals surface area contributed by atoms with Gasteiger partial charge in [0.2, 0.25) is 0 Å². The van der Waals surface area contributed by atoms with Crippen molar-refractivity contribution in [2.75, 3.05) is 13.1 Å². The van der Waals surface area contributed by atoms with Crippen LogP contribution in [0.25, 0.3) is 0 Å². The average Bonchev–Trinajstić information content (AvgIpc) is 3.21. The molecule has 20 heavy (non-hydrogen) atoms. The third-order valence-corrected chi connectivity index (χ3v) is 4.66. The van der Waals surface area contributed by atoms with Crippen LogP contribution in [0.1, 0.15) is 59.3 Å². The number of hydrogen-bond donors (Lipinski definition) is 1. The van der Waals surface area contributed by atoms with Crippen LogP contribution in [0.3, 0.4) is 0 Å². The molecule has 0 bridgehead atoms. The van der Waals surface area contributed by atoms with Crippen LogP contribution in [0.5, 0.6) is 0 Å². The van der Waals surface area contributed by atoms with E-state index in [1.807, 2.05) is 0 Å². The highest BCUT2D eigenvalue weighted by atomic mass is 16.3. The molecule has 0 spiro atoms. The van der Waals surface area contributed by atoms with E-state index in [0.29, 0.717) is 6.04 Å². The molecule has 2 atom stereocenters. The largest absolute Gasteiger partial charge is 0.393 e. The molecule has 114 valence electrons. The normalized spacial score (nSPS) is 28.5. The van der Waals surface area contributed by atoms with Crippen molar-refractivity contribution >= 4 is 0 Å². The summed E-state index contributed by atoms with van der Waals surface area (Å²) >= 11 is 0. The SMILES string of the molecule is CC(C)=CCCC(C)=CCN1CC[C@H](O)C[C@@H]1C1CC1. The van der Waals surface area contributed by atoms with Crippen molar-refractivity contribution < 1.29 is 5.11 Å². The Morgan fingerprint density at radius 1 is 1.15 bits per heavy atom. The molecule has 0 radical (unpaired) electrons. The minimum Gasteiger partial charge on any atom is -0.393 e. The number of rotatable bonds is 6. The van der Waals surface area contributed by atoms with Gasteiger partial charge in [0.25, 0.3) is 0 Å². The van der Waals surface area contributed by atoms with Gasteiger partial charge in [-0.3, -0.25) is 4.90 Å². The number of piperidine rings is 1. The van der Waals surface area contributed by atoms with E-state index in [2.05, 4.69) is 37.8 Å². The molecule has 0 aromatic heterocycles. The number of allylic oxidation sites excluding steroid dienone is 3. The number of hydrogen-bond acceptors (Lipinski definition) is 2. The Hall–Kier alpha value is -0.600. The summed E-state index contributed by atoms with van der Waals surface area (Å²) in [7, 11) is 0. The predicted molar refractivity (Wildman–Crippen MR) is 85.7 cm³/mol. The van der Waals surface area contributed by atoms with Gasteiger partial charge in [-0.1, -0.05) is 23.3 Å². The summed E-state index contributed by atoms with van der Waals surface area (Å²) in [6.45, 7) is 8.73. The molecule has 1 aliphatic heterocycles. The van der Waals surface area contributed by atoms with Crippen molar-refractivity contribution in [1.82, 2.24) is 4.90 Å². The molecule has 2 aliphatic rings. The summed E-state index contributed by atoms with van der Waals surface area (Å²) in [4.78, 5) is 2.61. The molecular weight excluding hydrogens is 246 g/mol. The van der Waals surface area contributed by atoms with Crippen LogP contribution in [0, 0.1) is 5.92 Å². The lowest BCUT2D eigenvalue weighted by atomic mass is 9.95. The lowest BCUT2D eigenvalue weighted by Gasteiger charge is -2.37. The quantitative estimate of drug-likeness (QED) is 0.744. The molecule has 0 amide bonds. The zero-order chi connectivity index (χ0) is 14.5. The third kappa shape index (κ3) is 5.06. The lowest BCUT2D eigenvalue weighted by Crippen LogP contribution is -2.45. The van der Waals surface area contributed by atoms with Gasteiger partial charge in [0.1, 0.15) is 0 Å². The van der Waals surface area contributed by atoms with Crippen molar-refractivity contribution in [3.63, 3.8) is 0 Å². The van der Waals surface area contributed by atoms with Gasteiger partial charge in [0, 0.05) is 19.1 Å². The highest BCUT2D eigenvalue weighted by Crippen LogP contribution is 2.39. The van der Waals surface area contributed by atoms with Crippen LogP contribution < -0.4 is 0 Å². The first kappa shape index (κ1) is 15.8. The topological polar surface area (TPSA) is 23.5 Å². The first-order valence-corrected chi connectivity index (χ1v) is 8.27. The highest BCUT2D eigenvalue weighted by molar-refractivity contribution is 5.04. The molecule has 2 heteroatoms. The Labute approximate surface area is 124 Å². The maximum atomic E-state index is 9.87. The summed E-state index contributed by atoms with van der Waals surface area (Å²) in [6, 6.07) is 0.639. The summed E-state index contributed by atoms with van der Waals surface area (Å²) in [5.74, 6) is 0.865. The molecule has 1 saturated heterocycles. The van der Waals surface area contributed by atoms with Crippen molar-refractivity contribution in [3.8, 4) is 0 Å². The van der Waals surface area contributed by atoms with Gasteiger partial charge in [-0.2, -0.15) is 0 Å². The van der Waals surface area contributed by atoms with Gasteiger partial charge in [-0.05, 0) is 65.2 Å². The van der Waals surface area contributed by atoms with Crippen LogP contribution in [-0.2, 0) is 0 Å². The van der Waals surface area contributed by atoms with Gasteiger partial charge in [0.15, 0.2) is 0 Å². The first-order valence-electron chi connectivity index (χ1n) is 8.27. The molecule has 0 aromatic carbocycles. The number of nitrogens with zero attached hydrogens (tertiary/aromatic N) is 1. The molecule has 0 aromatic rings. The molecule has 1 N–H and O–H groups in total. The van der Waals surface area contributed by atoms with Crippen LogP contribution in [0.15, 0.2) is 23.3 Å².